The normalized spacial score (nSPS) is 19.9. The van der Waals surface area contributed by atoms with Crippen LogP contribution in [-0.4, -0.2) is 23.9 Å². The summed E-state index contributed by atoms with van der Waals surface area (Å²) in [7, 11) is 1.57. The van der Waals surface area contributed by atoms with Gasteiger partial charge in [0.25, 0.3) is 5.91 Å². The first-order chi connectivity index (χ1) is 12.0. The largest absolute Gasteiger partial charge is 0.497 e. The number of nitrogens with one attached hydrogen (secondary N) is 1. The van der Waals surface area contributed by atoms with Gasteiger partial charge in [0.05, 0.1) is 13.7 Å². The van der Waals surface area contributed by atoms with Crippen molar-refractivity contribution in [3.8, 4) is 5.75 Å². The maximum atomic E-state index is 13.2. The van der Waals surface area contributed by atoms with Gasteiger partial charge in [0.2, 0.25) is 0 Å². The Morgan fingerprint density at radius 1 is 1.08 bits per heavy atom. The lowest BCUT2D eigenvalue weighted by atomic mass is 9.87. The van der Waals surface area contributed by atoms with Gasteiger partial charge < -0.3 is 10.1 Å². The molecule has 1 atom stereocenters. The maximum absolute atomic E-state index is 13.2. The predicted octanol–water partition coefficient (Wildman–Crippen LogP) is 3.19. The van der Waals surface area contributed by atoms with Gasteiger partial charge in [0.1, 0.15) is 17.1 Å². The molecule has 6 heteroatoms. The Balaban J connectivity index is 1.88. The molecule has 3 amide bonds. The number of methoxy groups -OCH3 is 1. The van der Waals surface area contributed by atoms with Gasteiger partial charge in [-0.15, -0.1) is 0 Å². The van der Waals surface area contributed by atoms with E-state index in [9.17, 15) is 14.0 Å². The van der Waals surface area contributed by atoms with E-state index in [2.05, 4.69) is 5.32 Å². The first-order valence-corrected chi connectivity index (χ1v) is 8.03. The number of carbonyl (C=O) groups excluding carboxylic acids is 2. The third-order valence-electron chi connectivity index (χ3n) is 4.54. The Morgan fingerprint density at radius 2 is 1.72 bits per heavy atom. The van der Waals surface area contributed by atoms with Crippen molar-refractivity contribution in [3.63, 3.8) is 0 Å². The van der Waals surface area contributed by atoms with Crippen LogP contribution in [0, 0.1) is 5.82 Å². The fourth-order valence-electron chi connectivity index (χ4n) is 3.06. The highest BCUT2D eigenvalue weighted by Gasteiger charge is 2.51. The van der Waals surface area contributed by atoms with Crippen LogP contribution in [0.4, 0.5) is 9.18 Å². The molecule has 1 saturated heterocycles. The lowest BCUT2D eigenvalue weighted by Crippen LogP contribution is -2.43. The summed E-state index contributed by atoms with van der Waals surface area (Å²) in [5.74, 6) is -0.0144. The van der Waals surface area contributed by atoms with Crippen molar-refractivity contribution >= 4 is 11.9 Å². The van der Waals surface area contributed by atoms with E-state index in [1.54, 1.807) is 19.2 Å². The van der Waals surface area contributed by atoms with Crippen LogP contribution in [0.5, 0.6) is 5.75 Å². The third-order valence-corrected chi connectivity index (χ3v) is 4.54. The van der Waals surface area contributed by atoms with Crippen LogP contribution in [0.3, 0.4) is 0 Å². The van der Waals surface area contributed by atoms with Gasteiger partial charge in [-0.25, -0.2) is 9.18 Å². The Bertz CT molecular complexity index is 789. The second-order valence-electron chi connectivity index (χ2n) is 5.94. The van der Waals surface area contributed by atoms with E-state index in [0.29, 0.717) is 17.7 Å². The number of rotatable bonds is 5. The molecule has 5 nitrogen and oxygen atoms in total. The van der Waals surface area contributed by atoms with Gasteiger partial charge in [-0.1, -0.05) is 31.2 Å². The third kappa shape index (κ3) is 2.95. The van der Waals surface area contributed by atoms with Crippen LogP contribution in [0.25, 0.3) is 0 Å². The van der Waals surface area contributed by atoms with Crippen molar-refractivity contribution in [2.45, 2.75) is 25.4 Å². The Kier molecular flexibility index (Phi) is 4.44. The number of imide groups is 1. The summed E-state index contributed by atoms with van der Waals surface area (Å²) in [5.41, 5.74) is 0.236. The molecule has 1 aliphatic rings. The molecule has 130 valence electrons. The average molecular weight is 342 g/mol. The van der Waals surface area contributed by atoms with Crippen molar-refractivity contribution in [2.75, 3.05) is 7.11 Å². The monoisotopic (exact) mass is 342 g/mol. The number of urea groups is 1. The number of amides is 3. The number of nitrogens with zero attached hydrogens (tertiary/aromatic N) is 1. The molecular weight excluding hydrogens is 323 g/mol. The molecule has 1 fully saturated rings. The highest BCUT2D eigenvalue weighted by molar-refractivity contribution is 6.07. The topological polar surface area (TPSA) is 58.6 Å². The molecule has 25 heavy (non-hydrogen) atoms. The minimum absolute atomic E-state index is 0.164. The lowest BCUT2D eigenvalue weighted by Gasteiger charge is -2.25. The van der Waals surface area contributed by atoms with E-state index in [4.69, 9.17) is 4.74 Å². The SMILES string of the molecule is CCC1(c2ccc(F)cc2)NC(=O)N(Cc2ccc(OC)cc2)C1=O. The molecule has 1 aliphatic heterocycles. The number of benzene rings is 2. The summed E-state index contributed by atoms with van der Waals surface area (Å²) in [6, 6.07) is 12.4. The lowest BCUT2D eigenvalue weighted by molar-refractivity contribution is -0.132. The fraction of sp³-hybridized carbons (Fsp3) is 0.263. The molecule has 0 radical (unpaired) electrons. The molecule has 0 aromatic heterocycles. The van der Waals surface area contributed by atoms with Crippen LogP contribution < -0.4 is 10.1 Å². The van der Waals surface area contributed by atoms with Gasteiger partial charge in [0.15, 0.2) is 0 Å². The Morgan fingerprint density at radius 3 is 2.28 bits per heavy atom. The summed E-state index contributed by atoms with van der Waals surface area (Å²) in [6.45, 7) is 1.98. The van der Waals surface area contributed by atoms with Gasteiger partial charge in [-0.3, -0.25) is 9.69 Å². The summed E-state index contributed by atoms with van der Waals surface area (Å²) < 4.78 is 18.3. The number of halogens is 1. The molecule has 0 aliphatic carbocycles. The maximum Gasteiger partial charge on any atom is 0.325 e. The molecule has 3 rings (SSSR count). The van der Waals surface area contributed by atoms with E-state index in [0.717, 1.165) is 5.56 Å². The van der Waals surface area contributed by atoms with E-state index in [1.165, 1.54) is 29.2 Å². The summed E-state index contributed by atoms with van der Waals surface area (Å²) >= 11 is 0. The molecule has 1 unspecified atom stereocenters. The first kappa shape index (κ1) is 17.0. The van der Waals surface area contributed by atoms with Crippen LogP contribution in [0.1, 0.15) is 24.5 Å². The van der Waals surface area contributed by atoms with Crippen molar-refractivity contribution < 1.29 is 18.7 Å². The first-order valence-electron chi connectivity index (χ1n) is 8.03. The molecule has 2 aromatic rings. The minimum Gasteiger partial charge on any atom is -0.497 e. The average Bonchev–Trinajstić information content (AvgIpc) is 2.88. The fourth-order valence-corrected chi connectivity index (χ4v) is 3.06. The summed E-state index contributed by atoms with van der Waals surface area (Å²) in [5, 5.41) is 2.79. The number of carbonyl (C=O) groups is 2. The Hall–Kier alpha value is -2.89. The number of hydrogen-bond donors (Lipinski definition) is 1. The number of hydrogen-bond acceptors (Lipinski definition) is 3. The summed E-state index contributed by atoms with van der Waals surface area (Å²) in [6.07, 6.45) is 0.377. The zero-order valence-electron chi connectivity index (χ0n) is 14.1. The van der Waals surface area contributed by atoms with E-state index < -0.39 is 11.6 Å². The second kappa shape index (κ2) is 6.55. The Labute approximate surface area is 145 Å². The molecule has 2 aromatic carbocycles. The van der Waals surface area contributed by atoms with E-state index >= 15 is 0 Å². The predicted molar refractivity (Wildman–Crippen MR) is 90.4 cm³/mol. The quantitative estimate of drug-likeness (QED) is 0.849. The molecular formula is C19H19FN2O3. The van der Waals surface area contributed by atoms with Crippen LogP contribution >= 0.6 is 0 Å². The van der Waals surface area contributed by atoms with Crippen molar-refractivity contribution in [3.05, 3.63) is 65.5 Å². The van der Waals surface area contributed by atoms with Crippen molar-refractivity contribution in [1.82, 2.24) is 10.2 Å². The second-order valence-corrected chi connectivity index (χ2v) is 5.94. The van der Waals surface area contributed by atoms with Gasteiger partial charge in [0, 0.05) is 0 Å². The van der Waals surface area contributed by atoms with Crippen LogP contribution in [0.15, 0.2) is 48.5 Å². The smallest absolute Gasteiger partial charge is 0.325 e. The van der Waals surface area contributed by atoms with E-state index in [1.807, 2.05) is 19.1 Å². The molecule has 0 bridgehead atoms. The van der Waals surface area contributed by atoms with Crippen molar-refractivity contribution in [1.29, 1.82) is 0 Å². The van der Waals surface area contributed by atoms with E-state index in [-0.39, 0.29) is 18.3 Å². The van der Waals surface area contributed by atoms with Crippen LogP contribution in [0.2, 0.25) is 0 Å². The number of ether oxygens (including phenoxy) is 1. The van der Waals surface area contributed by atoms with Gasteiger partial charge >= 0.3 is 6.03 Å². The summed E-state index contributed by atoms with van der Waals surface area (Å²) in [4.78, 5) is 26.6. The van der Waals surface area contributed by atoms with Crippen molar-refractivity contribution in [2.24, 2.45) is 0 Å². The molecule has 1 N–H and O–H groups in total. The minimum atomic E-state index is -1.16. The zero-order valence-corrected chi connectivity index (χ0v) is 14.1. The van der Waals surface area contributed by atoms with Gasteiger partial charge in [-0.2, -0.15) is 0 Å². The molecule has 0 saturated carbocycles. The standard InChI is InChI=1S/C19H19FN2O3/c1-3-19(14-6-8-15(20)9-7-14)17(23)22(18(24)21-19)12-13-4-10-16(25-2)11-5-13/h4-11H,3,12H2,1-2H3,(H,21,24). The highest BCUT2D eigenvalue weighted by Crippen LogP contribution is 2.33. The van der Waals surface area contributed by atoms with Crippen LogP contribution in [-0.2, 0) is 16.9 Å². The molecule has 1 heterocycles. The molecule has 0 spiro atoms. The van der Waals surface area contributed by atoms with Gasteiger partial charge in [-0.05, 0) is 41.8 Å². The highest BCUT2D eigenvalue weighted by atomic mass is 19.1. The zero-order chi connectivity index (χ0) is 18.0.